The van der Waals surface area contributed by atoms with Crippen LogP contribution in [-0.4, -0.2) is 16.9 Å². The molecule has 1 N–H and O–H groups in total. The summed E-state index contributed by atoms with van der Waals surface area (Å²) in [4.78, 5) is 33.2. The van der Waals surface area contributed by atoms with E-state index in [4.69, 9.17) is 4.84 Å². The molecule has 5 nitrogen and oxygen atoms in total. The van der Waals surface area contributed by atoms with E-state index in [9.17, 15) is 9.59 Å². The van der Waals surface area contributed by atoms with Gasteiger partial charge in [-0.25, -0.2) is 4.79 Å². The van der Waals surface area contributed by atoms with E-state index in [2.05, 4.69) is 10.5 Å². The van der Waals surface area contributed by atoms with Crippen molar-refractivity contribution >= 4 is 22.6 Å². The van der Waals surface area contributed by atoms with Crippen LogP contribution in [0.2, 0.25) is 0 Å². The van der Waals surface area contributed by atoms with Crippen molar-refractivity contribution in [2.75, 3.05) is 0 Å². The van der Waals surface area contributed by atoms with Crippen molar-refractivity contribution in [2.24, 2.45) is 5.92 Å². The Morgan fingerprint density at radius 2 is 1.83 bits per heavy atom. The first-order chi connectivity index (χ1) is 11.2. The summed E-state index contributed by atoms with van der Waals surface area (Å²) >= 11 is 0. The quantitative estimate of drug-likeness (QED) is 0.681. The van der Waals surface area contributed by atoms with Crippen LogP contribution in [0.4, 0.5) is 0 Å². The first-order valence-electron chi connectivity index (χ1n) is 8.09. The van der Waals surface area contributed by atoms with Crippen LogP contribution in [0.25, 0.3) is 10.8 Å². The number of rotatable bonds is 2. The van der Waals surface area contributed by atoms with Gasteiger partial charge in [0.1, 0.15) is 0 Å². The Kier molecular flexibility index (Phi) is 4.86. The maximum absolute atomic E-state index is 12.1. The number of carbonyl (C=O) groups is 2. The van der Waals surface area contributed by atoms with Gasteiger partial charge in [0.05, 0.1) is 5.56 Å². The van der Waals surface area contributed by atoms with E-state index >= 15 is 0 Å². The van der Waals surface area contributed by atoms with Crippen molar-refractivity contribution in [3.05, 3.63) is 42.2 Å². The third-order valence-corrected chi connectivity index (χ3v) is 4.35. The molecule has 0 radical (unpaired) electrons. The molecule has 1 amide bonds. The molecule has 1 aromatic carbocycles. The molecule has 0 aliphatic heterocycles. The highest BCUT2D eigenvalue weighted by Crippen LogP contribution is 2.23. The van der Waals surface area contributed by atoms with Gasteiger partial charge in [0.15, 0.2) is 0 Å². The van der Waals surface area contributed by atoms with E-state index in [0.29, 0.717) is 5.56 Å². The molecule has 2 aromatic rings. The molecular formula is C18H20N2O3. The van der Waals surface area contributed by atoms with Crippen molar-refractivity contribution in [3.63, 3.8) is 0 Å². The van der Waals surface area contributed by atoms with Crippen molar-refractivity contribution < 1.29 is 14.4 Å². The van der Waals surface area contributed by atoms with Crippen LogP contribution in [0.3, 0.4) is 0 Å². The standard InChI is InChI=1S/C18H20N2O3/c21-17(13-5-3-1-2-4-6-13)20-23-18(22)15-7-8-16-12-19-10-9-14(16)11-15/h7-13H,1-6H2,(H,20,21). The molecular weight excluding hydrogens is 292 g/mol. The van der Waals surface area contributed by atoms with Gasteiger partial charge in [-0.1, -0.05) is 31.7 Å². The third kappa shape index (κ3) is 3.86. The van der Waals surface area contributed by atoms with E-state index in [1.54, 1.807) is 24.5 Å². The van der Waals surface area contributed by atoms with E-state index in [0.717, 1.165) is 36.5 Å². The molecule has 0 spiro atoms. The average Bonchev–Trinajstić information content (AvgIpc) is 2.88. The van der Waals surface area contributed by atoms with Crippen LogP contribution in [0.1, 0.15) is 48.9 Å². The zero-order valence-corrected chi connectivity index (χ0v) is 13.0. The first-order valence-corrected chi connectivity index (χ1v) is 8.09. The van der Waals surface area contributed by atoms with Crippen LogP contribution in [-0.2, 0) is 9.63 Å². The minimum atomic E-state index is -0.550. The molecule has 3 rings (SSSR count). The van der Waals surface area contributed by atoms with Crippen LogP contribution in [0.5, 0.6) is 0 Å². The molecule has 23 heavy (non-hydrogen) atoms. The summed E-state index contributed by atoms with van der Waals surface area (Å²) in [5, 5.41) is 1.86. The predicted octanol–water partition coefficient (Wildman–Crippen LogP) is 3.39. The molecule has 1 heterocycles. The Labute approximate surface area is 135 Å². The first kappa shape index (κ1) is 15.5. The molecule has 120 valence electrons. The van der Waals surface area contributed by atoms with Crippen molar-refractivity contribution in [3.8, 4) is 0 Å². The Morgan fingerprint density at radius 1 is 1.04 bits per heavy atom. The number of pyridine rings is 1. The Hall–Kier alpha value is -2.43. The summed E-state index contributed by atoms with van der Waals surface area (Å²) in [6, 6.07) is 7.05. The lowest BCUT2D eigenvalue weighted by molar-refractivity contribution is -0.134. The average molecular weight is 312 g/mol. The second-order valence-electron chi connectivity index (χ2n) is 5.98. The number of nitrogens with zero attached hydrogens (tertiary/aromatic N) is 1. The maximum Gasteiger partial charge on any atom is 0.362 e. The number of hydrogen-bond donors (Lipinski definition) is 1. The van der Waals surface area contributed by atoms with Gasteiger partial charge in [-0.2, -0.15) is 5.48 Å². The maximum atomic E-state index is 12.1. The van der Waals surface area contributed by atoms with E-state index in [1.807, 2.05) is 12.1 Å². The molecule has 0 atom stereocenters. The van der Waals surface area contributed by atoms with Gasteiger partial charge in [0.2, 0.25) is 0 Å². The number of aromatic nitrogens is 1. The van der Waals surface area contributed by atoms with Crippen LogP contribution < -0.4 is 5.48 Å². The highest BCUT2D eigenvalue weighted by atomic mass is 16.7. The van der Waals surface area contributed by atoms with E-state index in [-0.39, 0.29) is 11.8 Å². The summed E-state index contributed by atoms with van der Waals surface area (Å²) in [6.45, 7) is 0. The molecule has 0 bridgehead atoms. The molecule has 1 aliphatic rings. The fraction of sp³-hybridized carbons (Fsp3) is 0.389. The summed E-state index contributed by atoms with van der Waals surface area (Å²) in [6.07, 6.45) is 9.61. The zero-order valence-electron chi connectivity index (χ0n) is 13.0. The normalized spacial score (nSPS) is 15.8. The summed E-state index contributed by atoms with van der Waals surface area (Å²) in [7, 11) is 0. The van der Waals surface area contributed by atoms with Gasteiger partial charge in [-0.05, 0) is 36.4 Å². The number of amides is 1. The lowest BCUT2D eigenvalue weighted by Crippen LogP contribution is -2.32. The van der Waals surface area contributed by atoms with Gasteiger partial charge in [-0.15, -0.1) is 0 Å². The molecule has 1 aromatic heterocycles. The van der Waals surface area contributed by atoms with Crippen molar-refractivity contribution in [1.82, 2.24) is 10.5 Å². The highest BCUT2D eigenvalue weighted by molar-refractivity contribution is 5.95. The number of hydrogen-bond acceptors (Lipinski definition) is 4. The predicted molar refractivity (Wildman–Crippen MR) is 86.5 cm³/mol. The number of benzene rings is 1. The number of nitrogens with one attached hydrogen (secondary N) is 1. The third-order valence-electron chi connectivity index (χ3n) is 4.35. The Morgan fingerprint density at radius 3 is 2.61 bits per heavy atom. The summed E-state index contributed by atoms with van der Waals surface area (Å²) < 4.78 is 0. The number of fused-ring (bicyclic) bond motifs is 1. The van der Waals surface area contributed by atoms with E-state index in [1.165, 1.54) is 12.8 Å². The lowest BCUT2D eigenvalue weighted by atomic mass is 10.0. The summed E-state index contributed by atoms with van der Waals surface area (Å²) in [5.41, 5.74) is 2.73. The second-order valence-corrected chi connectivity index (χ2v) is 5.98. The second kappa shape index (κ2) is 7.22. The molecule has 5 heteroatoms. The van der Waals surface area contributed by atoms with E-state index < -0.39 is 5.97 Å². The van der Waals surface area contributed by atoms with Gasteiger partial charge in [0.25, 0.3) is 5.91 Å². The highest BCUT2D eigenvalue weighted by Gasteiger charge is 2.21. The van der Waals surface area contributed by atoms with Crippen LogP contribution in [0.15, 0.2) is 36.7 Å². The van der Waals surface area contributed by atoms with Crippen LogP contribution >= 0.6 is 0 Å². The van der Waals surface area contributed by atoms with Gasteiger partial charge in [-0.3, -0.25) is 9.78 Å². The minimum absolute atomic E-state index is 0.0482. The molecule has 1 aliphatic carbocycles. The molecule has 1 fully saturated rings. The molecule has 0 unspecified atom stereocenters. The largest absolute Gasteiger partial charge is 0.362 e. The van der Waals surface area contributed by atoms with Gasteiger partial charge >= 0.3 is 5.97 Å². The van der Waals surface area contributed by atoms with Crippen molar-refractivity contribution in [2.45, 2.75) is 38.5 Å². The van der Waals surface area contributed by atoms with Crippen LogP contribution in [0, 0.1) is 5.92 Å². The zero-order chi connectivity index (χ0) is 16.1. The lowest BCUT2D eigenvalue weighted by Gasteiger charge is -2.13. The smallest absolute Gasteiger partial charge is 0.335 e. The number of carbonyl (C=O) groups excluding carboxylic acids is 2. The summed E-state index contributed by atoms with van der Waals surface area (Å²) in [5.74, 6) is -0.788. The minimum Gasteiger partial charge on any atom is -0.335 e. The van der Waals surface area contributed by atoms with Gasteiger partial charge in [0, 0.05) is 23.7 Å². The molecule has 0 saturated heterocycles. The monoisotopic (exact) mass is 312 g/mol. The number of hydroxylamine groups is 1. The molecule has 1 saturated carbocycles. The SMILES string of the molecule is O=C(ONC(=O)C1CCCCCC1)c1ccc2cnccc2c1. The van der Waals surface area contributed by atoms with Gasteiger partial charge < -0.3 is 4.84 Å². The topological polar surface area (TPSA) is 68.3 Å². The fourth-order valence-electron chi connectivity index (χ4n) is 2.99. The Bertz CT molecular complexity index is 706. The Balaban J connectivity index is 1.60. The fourth-order valence-corrected chi connectivity index (χ4v) is 2.99. The van der Waals surface area contributed by atoms with Crippen molar-refractivity contribution in [1.29, 1.82) is 0 Å².